The van der Waals surface area contributed by atoms with Gasteiger partial charge in [-0.15, -0.1) is 0 Å². The van der Waals surface area contributed by atoms with Crippen molar-refractivity contribution in [2.24, 2.45) is 0 Å². The molecule has 7 heteroatoms. The number of nitrogens with zero attached hydrogens (tertiary/aromatic N) is 2. The van der Waals surface area contributed by atoms with Crippen LogP contribution in [0.1, 0.15) is 31.8 Å². The maximum absolute atomic E-state index is 13.1. The zero-order chi connectivity index (χ0) is 22.0. The van der Waals surface area contributed by atoms with Crippen molar-refractivity contribution >= 4 is 41.0 Å². The van der Waals surface area contributed by atoms with Crippen molar-refractivity contribution in [1.82, 2.24) is 10.3 Å². The second kappa shape index (κ2) is 8.53. The first kappa shape index (κ1) is 20.5. The monoisotopic (exact) mass is 431 g/mol. The molecule has 0 aliphatic carbocycles. The fourth-order valence-corrected chi connectivity index (χ4v) is 3.45. The zero-order valence-corrected chi connectivity index (χ0v) is 17.4. The Bertz CT molecular complexity index is 1200. The van der Waals surface area contributed by atoms with E-state index < -0.39 is 11.7 Å². The number of carbonyl (C=O) groups is 3. The van der Waals surface area contributed by atoms with Gasteiger partial charge in [-0.3, -0.25) is 19.4 Å². The number of aromatic nitrogens is 1. The van der Waals surface area contributed by atoms with Gasteiger partial charge in [0.2, 0.25) is 5.78 Å². The number of likely N-dealkylation sites (N-methyl/N-ethyl adjacent to an activating group) is 1. The van der Waals surface area contributed by atoms with Gasteiger partial charge in [-0.05, 0) is 59.7 Å². The highest BCUT2D eigenvalue weighted by atomic mass is 35.5. The molecule has 6 nitrogen and oxygen atoms in total. The van der Waals surface area contributed by atoms with E-state index in [1.165, 1.54) is 17.0 Å². The number of rotatable bonds is 4. The van der Waals surface area contributed by atoms with Crippen LogP contribution in [0, 0.1) is 0 Å². The number of hydrogen-bond acceptors (Lipinski definition) is 4. The largest absolute Gasteiger partial charge is 0.348 e. The molecule has 0 bridgehead atoms. The Morgan fingerprint density at radius 1 is 1.06 bits per heavy atom. The number of ketones is 1. The molecule has 1 aliphatic rings. The van der Waals surface area contributed by atoms with E-state index in [2.05, 4.69) is 10.3 Å². The Kier molecular flexibility index (Phi) is 5.64. The minimum absolute atomic E-state index is 0.0340. The van der Waals surface area contributed by atoms with E-state index in [0.29, 0.717) is 33.9 Å². The molecule has 1 aliphatic heterocycles. The number of anilines is 1. The van der Waals surface area contributed by atoms with Crippen LogP contribution in [0.15, 0.2) is 72.6 Å². The fourth-order valence-electron chi connectivity index (χ4n) is 3.32. The molecule has 1 aromatic heterocycles. The van der Waals surface area contributed by atoms with E-state index in [4.69, 9.17) is 11.6 Å². The zero-order valence-electron chi connectivity index (χ0n) is 16.6. The number of pyridine rings is 1. The molecule has 0 saturated carbocycles. The number of nitrogens with one attached hydrogen (secondary N) is 1. The summed E-state index contributed by atoms with van der Waals surface area (Å²) in [4.78, 5) is 43.9. The number of halogens is 1. The van der Waals surface area contributed by atoms with E-state index >= 15 is 0 Å². The van der Waals surface area contributed by atoms with Gasteiger partial charge in [-0.25, -0.2) is 0 Å². The summed E-state index contributed by atoms with van der Waals surface area (Å²) in [5.41, 5.74) is 2.74. The molecule has 31 heavy (non-hydrogen) atoms. The Hall–Kier alpha value is -3.77. The molecule has 154 valence electrons. The Labute approximate surface area is 184 Å². The lowest BCUT2D eigenvalue weighted by Crippen LogP contribution is -2.37. The van der Waals surface area contributed by atoms with Crippen molar-refractivity contribution in [3.8, 4) is 0 Å². The number of amides is 2. The molecule has 2 amide bonds. The number of benzene rings is 2. The predicted octanol–water partition coefficient (Wildman–Crippen LogP) is 3.91. The molecule has 0 radical (unpaired) electrons. The quantitative estimate of drug-likeness (QED) is 0.501. The fraction of sp³-hybridized carbons (Fsp3) is 0.0833. The van der Waals surface area contributed by atoms with Crippen LogP contribution in [0.4, 0.5) is 5.69 Å². The van der Waals surface area contributed by atoms with E-state index in [0.717, 1.165) is 5.56 Å². The van der Waals surface area contributed by atoms with Crippen LogP contribution in [-0.4, -0.2) is 29.6 Å². The van der Waals surface area contributed by atoms with Gasteiger partial charge in [0.25, 0.3) is 11.8 Å². The van der Waals surface area contributed by atoms with Gasteiger partial charge in [-0.1, -0.05) is 23.7 Å². The highest BCUT2D eigenvalue weighted by Gasteiger charge is 2.33. The third-order valence-corrected chi connectivity index (χ3v) is 5.28. The van der Waals surface area contributed by atoms with Crippen LogP contribution >= 0.6 is 11.6 Å². The van der Waals surface area contributed by atoms with Crippen LogP contribution in [0.25, 0.3) is 6.08 Å². The Morgan fingerprint density at radius 3 is 2.48 bits per heavy atom. The summed E-state index contributed by atoms with van der Waals surface area (Å²) in [7, 11) is 1.60. The number of hydrogen-bond donors (Lipinski definition) is 1. The summed E-state index contributed by atoms with van der Waals surface area (Å²) in [5, 5.41) is 3.39. The van der Waals surface area contributed by atoms with Gasteiger partial charge in [0.1, 0.15) is 0 Å². The maximum Gasteiger partial charge on any atom is 0.262 e. The summed E-state index contributed by atoms with van der Waals surface area (Å²) in [6.07, 6.45) is 4.84. The SMILES string of the molecule is CN1C(=O)/C(=C\c2ccc(Cl)cc2)C(=O)c2cc(C(=O)NCc3ccncc3)ccc21. The normalized spacial score (nSPS) is 14.5. The van der Waals surface area contributed by atoms with Crippen molar-refractivity contribution in [2.45, 2.75) is 6.54 Å². The minimum atomic E-state index is -0.420. The second-order valence-corrected chi connectivity index (χ2v) is 7.51. The molecule has 0 atom stereocenters. The van der Waals surface area contributed by atoms with E-state index in [-0.39, 0.29) is 11.5 Å². The third-order valence-electron chi connectivity index (χ3n) is 5.03. The molecule has 0 spiro atoms. The lowest BCUT2D eigenvalue weighted by atomic mass is 9.92. The van der Waals surface area contributed by atoms with Crippen molar-refractivity contribution in [2.75, 3.05) is 11.9 Å². The molecule has 0 saturated heterocycles. The van der Waals surface area contributed by atoms with Crippen molar-refractivity contribution in [3.05, 3.63) is 99.8 Å². The first-order valence-electron chi connectivity index (χ1n) is 9.55. The number of carbonyl (C=O) groups excluding carboxylic acids is 3. The van der Waals surface area contributed by atoms with Crippen molar-refractivity contribution in [3.63, 3.8) is 0 Å². The predicted molar refractivity (Wildman–Crippen MR) is 119 cm³/mol. The van der Waals surface area contributed by atoms with Gasteiger partial charge >= 0.3 is 0 Å². The first-order valence-corrected chi connectivity index (χ1v) is 9.93. The molecule has 1 N–H and O–H groups in total. The summed E-state index contributed by atoms with van der Waals surface area (Å²) in [6, 6.07) is 15.2. The molecule has 2 aromatic carbocycles. The molecule has 3 aromatic rings. The smallest absolute Gasteiger partial charge is 0.262 e. The topological polar surface area (TPSA) is 79.4 Å². The van der Waals surface area contributed by atoms with Crippen LogP contribution in [-0.2, 0) is 11.3 Å². The van der Waals surface area contributed by atoms with Gasteiger partial charge < -0.3 is 10.2 Å². The molecular formula is C24H18ClN3O3. The molecular weight excluding hydrogens is 414 g/mol. The van der Waals surface area contributed by atoms with Gasteiger partial charge in [0.15, 0.2) is 0 Å². The minimum Gasteiger partial charge on any atom is -0.348 e. The van der Waals surface area contributed by atoms with Crippen LogP contribution in [0.3, 0.4) is 0 Å². The standard InChI is InChI=1S/C24H18ClN3O3/c1-28-21-7-4-17(23(30)27-14-16-8-10-26-11-9-16)13-19(21)22(29)20(24(28)31)12-15-2-5-18(25)6-3-15/h2-13H,14H2,1H3,(H,27,30)/b20-12-. The van der Waals surface area contributed by atoms with Crippen LogP contribution in [0.2, 0.25) is 5.02 Å². The first-order chi connectivity index (χ1) is 14.9. The summed E-state index contributed by atoms with van der Waals surface area (Å²) < 4.78 is 0. The van der Waals surface area contributed by atoms with E-state index in [1.54, 1.807) is 55.8 Å². The molecule has 0 unspecified atom stereocenters. The Balaban J connectivity index is 1.62. The summed E-state index contributed by atoms with van der Waals surface area (Å²) in [6.45, 7) is 0.340. The van der Waals surface area contributed by atoms with E-state index in [1.807, 2.05) is 12.1 Å². The maximum atomic E-state index is 13.1. The highest BCUT2D eigenvalue weighted by Crippen LogP contribution is 2.31. The van der Waals surface area contributed by atoms with Crippen LogP contribution in [0.5, 0.6) is 0 Å². The lowest BCUT2D eigenvalue weighted by molar-refractivity contribution is -0.114. The van der Waals surface area contributed by atoms with Crippen molar-refractivity contribution < 1.29 is 14.4 Å². The molecule has 0 fully saturated rings. The highest BCUT2D eigenvalue weighted by molar-refractivity contribution is 6.36. The number of Topliss-reactive ketones (excluding diaryl/α,β-unsaturated/α-hetero) is 1. The summed E-state index contributed by atoms with van der Waals surface area (Å²) >= 11 is 5.91. The Morgan fingerprint density at radius 2 is 1.77 bits per heavy atom. The molecule has 2 heterocycles. The summed E-state index contributed by atoms with van der Waals surface area (Å²) in [5.74, 6) is -1.13. The molecule has 4 rings (SSSR count). The van der Waals surface area contributed by atoms with Gasteiger partial charge in [-0.2, -0.15) is 0 Å². The third kappa shape index (κ3) is 4.25. The average Bonchev–Trinajstić information content (AvgIpc) is 2.80. The van der Waals surface area contributed by atoms with Crippen LogP contribution < -0.4 is 10.2 Å². The lowest BCUT2D eigenvalue weighted by Gasteiger charge is -2.27. The second-order valence-electron chi connectivity index (χ2n) is 7.07. The van der Waals surface area contributed by atoms with Crippen molar-refractivity contribution in [1.29, 1.82) is 0 Å². The number of fused-ring (bicyclic) bond motifs is 1. The van der Waals surface area contributed by atoms with E-state index in [9.17, 15) is 14.4 Å². The average molecular weight is 432 g/mol. The van der Waals surface area contributed by atoms with Gasteiger partial charge in [0, 0.05) is 42.1 Å². The van der Waals surface area contributed by atoms with Gasteiger partial charge in [0.05, 0.1) is 11.3 Å².